The standard InChI is InChI=1S/C12H21N5O3/c1-4-13-11-10(17(19)20)12(16-7-15-11)14-6-9(18)5-8(2)3/h7-9,18H,4-6H2,1-3H3,(H2,13,14,15,16). The molecular weight excluding hydrogens is 262 g/mol. The molecule has 8 nitrogen and oxygen atoms in total. The summed E-state index contributed by atoms with van der Waals surface area (Å²) in [6.07, 6.45) is 1.29. The number of aliphatic hydroxyl groups excluding tert-OH is 1. The van der Waals surface area contributed by atoms with Crippen molar-refractivity contribution in [2.24, 2.45) is 5.92 Å². The Hall–Kier alpha value is -1.96. The van der Waals surface area contributed by atoms with Crippen LogP contribution < -0.4 is 10.6 Å². The predicted molar refractivity (Wildman–Crippen MR) is 76.8 cm³/mol. The van der Waals surface area contributed by atoms with Gasteiger partial charge in [-0.1, -0.05) is 13.8 Å². The van der Waals surface area contributed by atoms with E-state index in [4.69, 9.17) is 0 Å². The summed E-state index contributed by atoms with van der Waals surface area (Å²) < 4.78 is 0. The topological polar surface area (TPSA) is 113 Å². The zero-order valence-electron chi connectivity index (χ0n) is 12.0. The minimum Gasteiger partial charge on any atom is -0.391 e. The van der Waals surface area contributed by atoms with Gasteiger partial charge in [-0.3, -0.25) is 10.1 Å². The van der Waals surface area contributed by atoms with Gasteiger partial charge in [-0.2, -0.15) is 0 Å². The molecule has 1 atom stereocenters. The van der Waals surface area contributed by atoms with Crippen LogP contribution >= 0.6 is 0 Å². The van der Waals surface area contributed by atoms with Gasteiger partial charge in [-0.25, -0.2) is 9.97 Å². The molecule has 0 aliphatic rings. The van der Waals surface area contributed by atoms with Gasteiger partial charge < -0.3 is 15.7 Å². The summed E-state index contributed by atoms with van der Waals surface area (Å²) in [4.78, 5) is 18.3. The summed E-state index contributed by atoms with van der Waals surface area (Å²) in [5.41, 5.74) is -0.203. The molecule has 0 aliphatic carbocycles. The summed E-state index contributed by atoms with van der Waals surface area (Å²) in [6, 6.07) is 0. The maximum absolute atomic E-state index is 11.1. The maximum Gasteiger partial charge on any atom is 0.353 e. The van der Waals surface area contributed by atoms with E-state index in [0.717, 1.165) is 0 Å². The second-order valence-electron chi connectivity index (χ2n) is 4.87. The van der Waals surface area contributed by atoms with E-state index in [1.54, 1.807) is 0 Å². The molecule has 0 saturated heterocycles. The van der Waals surface area contributed by atoms with E-state index in [1.165, 1.54) is 6.33 Å². The van der Waals surface area contributed by atoms with E-state index in [-0.39, 0.29) is 23.9 Å². The molecule has 3 N–H and O–H groups in total. The highest BCUT2D eigenvalue weighted by Crippen LogP contribution is 2.28. The smallest absolute Gasteiger partial charge is 0.353 e. The van der Waals surface area contributed by atoms with Gasteiger partial charge in [-0.05, 0) is 19.3 Å². The summed E-state index contributed by atoms with van der Waals surface area (Å²) in [7, 11) is 0. The summed E-state index contributed by atoms with van der Waals surface area (Å²) >= 11 is 0. The molecule has 1 rings (SSSR count). The number of nitrogens with one attached hydrogen (secondary N) is 2. The number of aliphatic hydroxyl groups is 1. The number of hydrogen-bond acceptors (Lipinski definition) is 7. The molecule has 0 saturated carbocycles. The first-order chi connectivity index (χ1) is 9.45. The highest BCUT2D eigenvalue weighted by molar-refractivity contribution is 5.69. The van der Waals surface area contributed by atoms with E-state index in [1.807, 2.05) is 20.8 Å². The third-order valence-electron chi connectivity index (χ3n) is 2.60. The van der Waals surface area contributed by atoms with Crippen LogP contribution in [0, 0.1) is 16.0 Å². The highest BCUT2D eigenvalue weighted by atomic mass is 16.6. The molecule has 0 spiro atoms. The van der Waals surface area contributed by atoms with Gasteiger partial charge in [0.2, 0.25) is 11.6 Å². The van der Waals surface area contributed by atoms with Crippen molar-refractivity contribution < 1.29 is 10.0 Å². The van der Waals surface area contributed by atoms with Gasteiger partial charge in [0, 0.05) is 13.1 Å². The maximum atomic E-state index is 11.1. The predicted octanol–water partition coefficient (Wildman–Crippen LogP) is 1.64. The van der Waals surface area contributed by atoms with Gasteiger partial charge in [0.15, 0.2) is 0 Å². The first-order valence-corrected chi connectivity index (χ1v) is 6.60. The fraction of sp³-hybridized carbons (Fsp3) is 0.667. The molecule has 112 valence electrons. The molecule has 0 bridgehead atoms. The monoisotopic (exact) mass is 283 g/mol. The molecule has 0 aromatic carbocycles. The quantitative estimate of drug-likeness (QED) is 0.491. The van der Waals surface area contributed by atoms with E-state index in [2.05, 4.69) is 20.6 Å². The molecule has 0 fully saturated rings. The zero-order chi connectivity index (χ0) is 15.1. The van der Waals surface area contributed by atoms with Crippen LogP contribution in [0.15, 0.2) is 6.33 Å². The first-order valence-electron chi connectivity index (χ1n) is 6.60. The Morgan fingerprint density at radius 2 is 1.95 bits per heavy atom. The minimum atomic E-state index is -0.577. The number of nitro groups is 1. The van der Waals surface area contributed by atoms with Crippen molar-refractivity contribution in [1.29, 1.82) is 0 Å². The SMILES string of the molecule is CCNc1ncnc(NCC(O)CC(C)C)c1[N+](=O)[O-]. The molecule has 0 amide bonds. The Balaban J connectivity index is 2.83. The van der Waals surface area contributed by atoms with Crippen molar-refractivity contribution in [3.05, 3.63) is 16.4 Å². The van der Waals surface area contributed by atoms with Gasteiger partial charge in [0.25, 0.3) is 0 Å². The molecule has 8 heteroatoms. The zero-order valence-corrected chi connectivity index (χ0v) is 12.0. The lowest BCUT2D eigenvalue weighted by Crippen LogP contribution is -2.22. The molecule has 1 aromatic rings. The fourth-order valence-electron chi connectivity index (χ4n) is 1.82. The summed E-state index contributed by atoms with van der Waals surface area (Å²) in [6.45, 7) is 6.56. The number of nitrogens with zero attached hydrogens (tertiary/aromatic N) is 3. The highest BCUT2D eigenvalue weighted by Gasteiger charge is 2.22. The fourth-order valence-corrected chi connectivity index (χ4v) is 1.82. The van der Waals surface area contributed by atoms with Crippen LogP contribution in [0.4, 0.5) is 17.3 Å². The van der Waals surface area contributed by atoms with Crippen LogP contribution in [0.5, 0.6) is 0 Å². The molecule has 20 heavy (non-hydrogen) atoms. The Morgan fingerprint density at radius 1 is 1.35 bits per heavy atom. The lowest BCUT2D eigenvalue weighted by atomic mass is 10.1. The molecule has 0 radical (unpaired) electrons. The van der Waals surface area contributed by atoms with E-state index in [9.17, 15) is 15.2 Å². The Bertz CT molecular complexity index is 453. The van der Waals surface area contributed by atoms with E-state index in [0.29, 0.717) is 18.9 Å². The first kappa shape index (κ1) is 16.1. The van der Waals surface area contributed by atoms with Gasteiger partial charge in [-0.15, -0.1) is 0 Å². The minimum absolute atomic E-state index is 0.115. The number of rotatable bonds is 8. The van der Waals surface area contributed by atoms with Crippen LogP contribution in [0.25, 0.3) is 0 Å². The number of anilines is 2. The molecular formula is C12H21N5O3. The average Bonchev–Trinajstić information content (AvgIpc) is 2.35. The Kier molecular flexibility index (Phi) is 6.10. The third kappa shape index (κ3) is 4.61. The van der Waals surface area contributed by atoms with E-state index >= 15 is 0 Å². The Morgan fingerprint density at radius 3 is 2.45 bits per heavy atom. The van der Waals surface area contributed by atoms with Crippen molar-refractivity contribution >= 4 is 17.3 Å². The van der Waals surface area contributed by atoms with Crippen LogP contribution in [0.2, 0.25) is 0 Å². The lowest BCUT2D eigenvalue weighted by Gasteiger charge is -2.14. The molecule has 1 unspecified atom stereocenters. The Labute approximate surface area is 117 Å². The van der Waals surface area contributed by atoms with Gasteiger partial charge in [0.05, 0.1) is 11.0 Å². The van der Waals surface area contributed by atoms with Gasteiger partial charge >= 0.3 is 5.69 Å². The van der Waals surface area contributed by atoms with Crippen molar-refractivity contribution in [1.82, 2.24) is 9.97 Å². The summed E-state index contributed by atoms with van der Waals surface area (Å²) in [5.74, 6) is 0.640. The second-order valence-corrected chi connectivity index (χ2v) is 4.87. The largest absolute Gasteiger partial charge is 0.391 e. The second kappa shape index (κ2) is 7.59. The third-order valence-corrected chi connectivity index (χ3v) is 2.60. The number of aromatic nitrogens is 2. The molecule has 1 heterocycles. The van der Waals surface area contributed by atoms with Crippen LogP contribution in [-0.2, 0) is 0 Å². The normalized spacial score (nSPS) is 12.2. The van der Waals surface area contributed by atoms with E-state index < -0.39 is 11.0 Å². The van der Waals surface area contributed by atoms with Gasteiger partial charge in [0.1, 0.15) is 6.33 Å². The van der Waals surface area contributed by atoms with Crippen molar-refractivity contribution in [2.45, 2.75) is 33.3 Å². The number of hydrogen-bond donors (Lipinski definition) is 3. The van der Waals surface area contributed by atoms with Crippen molar-refractivity contribution in [3.8, 4) is 0 Å². The van der Waals surface area contributed by atoms with Crippen LogP contribution in [0.1, 0.15) is 27.2 Å². The van der Waals surface area contributed by atoms with Crippen molar-refractivity contribution in [3.63, 3.8) is 0 Å². The van der Waals surface area contributed by atoms with Crippen molar-refractivity contribution in [2.75, 3.05) is 23.7 Å². The lowest BCUT2D eigenvalue weighted by molar-refractivity contribution is -0.383. The molecule has 1 aromatic heterocycles. The summed E-state index contributed by atoms with van der Waals surface area (Å²) in [5, 5.41) is 26.6. The molecule has 0 aliphatic heterocycles. The van der Waals surface area contributed by atoms with Crippen LogP contribution in [-0.4, -0.2) is 39.2 Å². The van der Waals surface area contributed by atoms with Crippen LogP contribution in [0.3, 0.4) is 0 Å². The average molecular weight is 283 g/mol.